The number of rotatable bonds is 6. The van der Waals surface area contributed by atoms with Crippen LogP contribution in [0.25, 0.3) is 0 Å². The zero-order valence-corrected chi connectivity index (χ0v) is 15.8. The summed E-state index contributed by atoms with van der Waals surface area (Å²) in [6.07, 6.45) is 1.64. The van der Waals surface area contributed by atoms with Gasteiger partial charge >= 0.3 is 0 Å². The van der Waals surface area contributed by atoms with Crippen LogP contribution < -0.4 is 15.8 Å². The second-order valence-electron chi connectivity index (χ2n) is 6.74. The minimum Gasteiger partial charge on any atom is -0.467 e. The predicted octanol–water partition coefficient (Wildman–Crippen LogP) is 4.18. The first-order chi connectivity index (χ1) is 13.1. The molecule has 0 fully saturated rings. The Balaban J connectivity index is 1.59. The fraction of sp³-hybridized carbons (Fsp3) is 0.381. The van der Waals surface area contributed by atoms with Crippen LogP contribution >= 0.6 is 0 Å². The highest BCUT2D eigenvalue weighted by Crippen LogP contribution is 2.29. The lowest BCUT2D eigenvalue weighted by Gasteiger charge is -2.20. The Kier molecular flexibility index (Phi) is 6.29. The van der Waals surface area contributed by atoms with E-state index in [-0.39, 0.29) is 12.6 Å². The van der Waals surface area contributed by atoms with Crippen LogP contribution in [0.1, 0.15) is 42.9 Å². The van der Waals surface area contributed by atoms with Crippen molar-refractivity contribution in [1.82, 2.24) is 0 Å². The fourth-order valence-electron chi connectivity index (χ4n) is 3.06. The molecule has 5 nitrogen and oxygen atoms in total. The number of hydrogen-bond acceptors (Lipinski definition) is 3. The Morgan fingerprint density at radius 3 is 2.81 bits per heavy atom. The lowest BCUT2D eigenvalue weighted by atomic mass is 9.99. The van der Waals surface area contributed by atoms with Crippen molar-refractivity contribution in [2.45, 2.75) is 39.2 Å². The van der Waals surface area contributed by atoms with Gasteiger partial charge in [-0.1, -0.05) is 26.0 Å². The van der Waals surface area contributed by atoms with E-state index in [0.717, 1.165) is 23.2 Å². The van der Waals surface area contributed by atoms with Gasteiger partial charge in [-0.15, -0.1) is 0 Å². The minimum atomic E-state index is -0.297. The van der Waals surface area contributed by atoms with E-state index in [1.165, 1.54) is 17.7 Å². The molecule has 1 aliphatic rings. The summed E-state index contributed by atoms with van der Waals surface area (Å²) in [7, 11) is 0. The van der Waals surface area contributed by atoms with E-state index in [9.17, 15) is 4.39 Å². The average molecular weight is 371 g/mol. The van der Waals surface area contributed by atoms with E-state index in [4.69, 9.17) is 15.2 Å². The van der Waals surface area contributed by atoms with Crippen LogP contribution in [0.4, 0.5) is 10.1 Å². The van der Waals surface area contributed by atoms with Crippen molar-refractivity contribution in [3.63, 3.8) is 0 Å². The molecule has 0 amide bonds. The molecule has 2 aromatic rings. The number of hydrogen-bond donors (Lipinski definition) is 2. The molecule has 6 heteroatoms. The zero-order valence-electron chi connectivity index (χ0n) is 15.8. The van der Waals surface area contributed by atoms with E-state index in [1.807, 2.05) is 12.1 Å². The van der Waals surface area contributed by atoms with Crippen molar-refractivity contribution >= 4 is 11.6 Å². The third-order valence-corrected chi connectivity index (χ3v) is 4.78. The van der Waals surface area contributed by atoms with Crippen LogP contribution in [-0.2, 0) is 17.8 Å². The largest absolute Gasteiger partial charge is 0.467 e. The third kappa shape index (κ3) is 4.98. The Bertz CT molecular complexity index is 806. The van der Waals surface area contributed by atoms with Crippen molar-refractivity contribution in [3.05, 3.63) is 58.9 Å². The monoisotopic (exact) mass is 371 g/mol. The highest BCUT2D eigenvalue weighted by atomic mass is 19.1. The van der Waals surface area contributed by atoms with Gasteiger partial charge < -0.3 is 20.5 Å². The summed E-state index contributed by atoms with van der Waals surface area (Å²) < 4.78 is 24.5. The molecule has 1 atom stereocenters. The Morgan fingerprint density at radius 1 is 1.30 bits per heavy atom. The van der Waals surface area contributed by atoms with Crippen LogP contribution in [-0.4, -0.2) is 19.3 Å². The summed E-state index contributed by atoms with van der Waals surface area (Å²) in [6, 6.07) is 11.1. The maximum Gasteiger partial charge on any atom is 0.193 e. The van der Waals surface area contributed by atoms with Gasteiger partial charge in [0.05, 0.1) is 6.61 Å². The molecule has 2 aromatic carbocycles. The maximum absolute atomic E-state index is 13.8. The van der Waals surface area contributed by atoms with Gasteiger partial charge in [0.15, 0.2) is 12.8 Å². The molecule has 0 radical (unpaired) electrons. The number of fused-ring (bicyclic) bond motifs is 1. The quantitative estimate of drug-likeness (QED) is 0.590. The number of ether oxygens (including phenoxy) is 2. The van der Waals surface area contributed by atoms with Gasteiger partial charge in [0, 0.05) is 17.8 Å². The lowest BCUT2D eigenvalue weighted by Crippen LogP contribution is -2.23. The molecule has 3 rings (SSSR count). The van der Waals surface area contributed by atoms with E-state index in [2.05, 4.69) is 36.3 Å². The van der Waals surface area contributed by atoms with Crippen molar-refractivity contribution in [2.24, 2.45) is 10.7 Å². The fourth-order valence-corrected chi connectivity index (χ4v) is 3.06. The summed E-state index contributed by atoms with van der Waals surface area (Å²) in [4.78, 5) is 4.34. The number of guanidine groups is 1. The molecule has 0 aromatic heterocycles. The van der Waals surface area contributed by atoms with Crippen LogP contribution in [0.2, 0.25) is 0 Å². The smallest absolute Gasteiger partial charge is 0.193 e. The van der Waals surface area contributed by atoms with Gasteiger partial charge in [-0.05, 0) is 54.2 Å². The summed E-state index contributed by atoms with van der Waals surface area (Å²) >= 11 is 0. The van der Waals surface area contributed by atoms with Crippen molar-refractivity contribution in [3.8, 4) is 5.75 Å². The Morgan fingerprint density at radius 2 is 2.07 bits per heavy atom. The average Bonchev–Trinajstić information content (AvgIpc) is 2.67. The van der Waals surface area contributed by atoms with Crippen LogP contribution in [0, 0.1) is 5.82 Å². The molecule has 0 spiro atoms. The van der Waals surface area contributed by atoms with Gasteiger partial charge in [0.25, 0.3) is 0 Å². The van der Waals surface area contributed by atoms with Gasteiger partial charge in [-0.25, -0.2) is 4.39 Å². The third-order valence-electron chi connectivity index (χ3n) is 4.78. The van der Waals surface area contributed by atoms with E-state index in [0.29, 0.717) is 37.2 Å². The van der Waals surface area contributed by atoms with Crippen molar-refractivity contribution in [1.29, 1.82) is 0 Å². The second-order valence-corrected chi connectivity index (χ2v) is 6.74. The first-order valence-electron chi connectivity index (χ1n) is 9.25. The minimum absolute atomic E-state index is 0.186. The predicted molar refractivity (Wildman–Crippen MR) is 106 cm³/mol. The number of nitrogens with one attached hydrogen (secondary N) is 1. The highest BCUT2D eigenvalue weighted by molar-refractivity contribution is 5.92. The molecule has 3 N–H and O–H groups in total. The zero-order chi connectivity index (χ0) is 19.2. The second kappa shape index (κ2) is 8.86. The van der Waals surface area contributed by atoms with E-state index >= 15 is 0 Å². The number of nitrogens with two attached hydrogens (primary N) is 1. The van der Waals surface area contributed by atoms with Crippen LogP contribution in [0.15, 0.2) is 41.4 Å². The molecule has 0 saturated carbocycles. The molecule has 144 valence electrons. The Labute approximate surface area is 159 Å². The van der Waals surface area contributed by atoms with E-state index in [1.54, 1.807) is 0 Å². The number of anilines is 1. The number of aliphatic imine (C=N–C) groups is 1. The molecule has 0 bridgehead atoms. The lowest BCUT2D eigenvalue weighted by molar-refractivity contribution is -0.0172. The van der Waals surface area contributed by atoms with Crippen molar-refractivity contribution in [2.75, 3.05) is 18.7 Å². The number of halogens is 1. The van der Waals surface area contributed by atoms with Gasteiger partial charge in [-0.3, -0.25) is 4.99 Å². The summed E-state index contributed by atoms with van der Waals surface area (Å²) in [6.45, 7) is 5.36. The molecular weight excluding hydrogens is 345 g/mol. The molecule has 0 saturated heterocycles. The first-order valence-corrected chi connectivity index (χ1v) is 9.25. The molecule has 0 aliphatic carbocycles. The van der Waals surface area contributed by atoms with Gasteiger partial charge in [0.1, 0.15) is 11.6 Å². The van der Waals surface area contributed by atoms with Gasteiger partial charge in [-0.2, -0.15) is 0 Å². The van der Waals surface area contributed by atoms with Crippen LogP contribution in [0.5, 0.6) is 5.75 Å². The van der Waals surface area contributed by atoms with E-state index < -0.39 is 0 Å². The highest BCUT2D eigenvalue weighted by Gasteiger charge is 2.16. The summed E-state index contributed by atoms with van der Waals surface area (Å²) in [5.41, 5.74) is 9.68. The SMILES string of the molecule is CCC(C)c1ccc(NC(N)=NCCc2cc(F)cc3c2OCOC3)cc1. The molecule has 1 aliphatic heterocycles. The van der Waals surface area contributed by atoms with Crippen LogP contribution in [0.3, 0.4) is 0 Å². The molecular formula is C21H26FN3O2. The number of benzene rings is 2. The molecule has 1 heterocycles. The molecule has 27 heavy (non-hydrogen) atoms. The van der Waals surface area contributed by atoms with Gasteiger partial charge in [0.2, 0.25) is 0 Å². The standard InChI is InChI=1S/C21H26FN3O2/c1-3-14(2)15-4-6-19(7-5-15)25-21(23)24-9-8-16-10-18(22)11-17-12-26-13-27-20(16)17/h4-7,10-11,14H,3,8-9,12-13H2,1-2H3,(H3,23,24,25). The molecule has 1 unspecified atom stereocenters. The van der Waals surface area contributed by atoms with Crippen molar-refractivity contribution < 1.29 is 13.9 Å². The topological polar surface area (TPSA) is 68.9 Å². The first kappa shape index (κ1) is 19.2. The summed E-state index contributed by atoms with van der Waals surface area (Å²) in [5.74, 6) is 1.27. The normalized spacial score (nSPS) is 15.0. The maximum atomic E-state index is 13.8. The Hall–Kier alpha value is -2.60. The summed E-state index contributed by atoms with van der Waals surface area (Å²) in [5, 5.41) is 3.09. The number of nitrogens with zero attached hydrogens (tertiary/aromatic N) is 1.